The van der Waals surface area contributed by atoms with Crippen molar-refractivity contribution < 1.29 is 4.42 Å². The normalized spacial score (nSPS) is 10.6. The van der Waals surface area contributed by atoms with Crippen LogP contribution in [0.25, 0.3) is 11.0 Å². The summed E-state index contributed by atoms with van der Waals surface area (Å²) in [6.07, 6.45) is 0. The average molecular weight is 239 g/mol. The van der Waals surface area contributed by atoms with E-state index < -0.39 is 0 Å². The molecular weight excluding hydrogens is 232 g/mol. The van der Waals surface area contributed by atoms with Crippen molar-refractivity contribution >= 4 is 26.9 Å². The van der Waals surface area contributed by atoms with Crippen LogP contribution in [0.2, 0.25) is 0 Å². The van der Waals surface area contributed by atoms with Crippen molar-refractivity contribution in [2.45, 2.75) is 6.92 Å². The van der Waals surface area contributed by atoms with Gasteiger partial charge >= 0.3 is 5.63 Å². The Balaban J connectivity index is 2.94. The van der Waals surface area contributed by atoms with Crippen molar-refractivity contribution in [2.75, 3.05) is 0 Å². The summed E-state index contributed by atoms with van der Waals surface area (Å²) >= 11 is 3.32. The van der Waals surface area contributed by atoms with Gasteiger partial charge in [0.2, 0.25) is 0 Å². The zero-order valence-corrected chi connectivity index (χ0v) is 8.59. The Hall–Kier alpha value is -1.09. The van der Waals surface area contributed by atoms with E-state index in [2.05, 4.69) is 15.9 Å². The van der Waals surface area contributed by atoms with Gasteiger partial charge in [-0.2, -0.15) is 0 Å². The van der Waals surface area contributed by atoms with E-state index in [1.807, 2.05) is 19.1 Å². The minimum absolute atomic E-state index is 0.303. The van der Waals surface area contributed by atoms with Crippen LogP contribution < -0.4 is 5.63 Å². The Kier molecular flexibility index (Phi) is 1.96. The molecule has 2 nitrogen and oxygen atoms in total. The molecule has 2 rings (SSSR count). The van der Waals surface area contributed by atoms with Crippen LogP contribution in [-0.4, -0.2) is 0 Å². The molecule has 0 aliphatic heterocycles. The van der Waals surface area contributed by atoms with E-state index in [1.54, 1.807) is 6.07 Å². The topological polar surface area (TPSA) is 30.2 Å². The summed E-state index contributed by atoms with van der Waals surface area (Å²) in [6.45, 7) is 1.90. The molecule has 0 unspecified atom stereocenters. The molecule has 1 heterocycles. The van der Waals surface area contributed by atoms with Gasteiger partial charge in [-0.25, -0.2) is 4.79 Å². The molecule has 0 amide bonds. The summed E-state index contributed by atoms with van der Waals surface area (Å²) < 4.78 is 5.95. The monoisotopic (exact) mass is 238 g/mol. The predicted molar refractivity (Wildman–Crippen MR) is 54.9 cm³/mol. The lowest BCUT2D eigenvalue weighted by molar-refractivity contribution is 0.559. The maximum absolute atomic E-state index is 11.0. The van der Waals surface area contributed by atoms with Gasteiger partial charge in [0.1, 0.15) is 5.58 Å². The highest BCUT2D eigenvalue weighted by atomic mass is 79.9. The number of hydrogen-bond donors (Lipinski definition) is 0. The largest absolute Gasteiger partial charge is 0.423 e. The van der Waals surface area contributed by atoms with Gasteiger partial charge in [0.25, 0.3) is 0 Å². The molecule has 0 N–H and O–H groups in total. The third kappa shape index (κ3) is 1.52. The van der Waals surface area contributed by atoms with Gasteiger partial charge in [-0.1, -0.05) is 15.9 Å². The van der Waals surface area contributed by atoms with Crippen molar-refractivity contribution in [3.05, 3.63) is 44.7 Å². The van der Waals surface area contributed by atoms with Gasteiger partial charge in [0.15, 0.2) is 0 Å². The highest BCUT2D eigenvalue weighted by molar-refractivity contribution is 9.10. The van der Waals surface area contributed by atoms with E-state index in [4.69, 9.17) is 4.42 Å². The maximum Gasteiger partial charge on any atom is 0.336 e. The van der Waals surface area contributed by atoms with Gasteiger partial charge in [-0.3, -0.25) is 0 Å². The molecule has 1 aromatic heterocycles. The van der Waals surface area contributed by atoms with Crippen molar-refractivity contribution in [3.63, 3.8) is 0 Å². The first kappa shape index (κ1) is 8.51. The molecule has 0 bridgehead atoms. The van der Waals surface area contributed by atoms with Crippen LogP contribution in [0.4, 0.5) is 0 Å². The van der Waals surface area contributed by atoms with E-state index in [1.165, 1.54) is 6.07 Å². The van der Waals surface area contributed by atoms with E-state index in [0.29, 0.717) is 5.58 Å². The lowest BCUT2D eigenvalue weighted by Crippen LogP contribution is -1.97. The van der Waals surface area contributed by atoms with Gasteiger partial charge in [-0.05, 0) is 30.7 Å². The molecule has 0 fully saturated rings. The summed E-state index contributed by atoms with van der Waals surface area (Å²) in [6, 6.07) is 7.15. The number of aryl methyl sites for hydroxylation is 1. The standard InChI is InChI=1S/C10H7BrO2/c1-6-4-10(12)13-9-5-7(11)2-3-8(6)9/h2-5H,1H3. The third-order valence-corrected chi connectivity index (χ3v) is 2.41. The quantitative estimate of drug-likeness (QED) is 0.661. The lowest BCUT2D eigenvalue weighted by atomic mass is 10.1. The maximum atomic E-state index is 11.0. The van der Waals surface area contributed by atoms with E-state index in [-0.39, 0.29) is 5.63 Å². The Morgan fingerprint density at radius 3 is 2.85 bits per heavy atom. The zero-order valence-electron chi connectivity index (χ0n) is 7.00. The minimum atomic E-state index is -0.303. The van der Waals surface area contributed by atoms with E-state index in [0.717, 1.165) is 15.4 Å². The summed E-state index contributed by atoms with van der Waals surface area (Å²) in [5.41, 5.74) is 1.27. The van der Waals surface area contributed by atoms with Crippen molar-refractivity contribution in [3.8, 4) is 0 Å². The first-order valence-corrected chi connectivity index (χ1v) is 4.66. The molecule has 0 aliphatic rings. The number of fused-ring (bicyclic) bond motifs is 1. The Morgan fingerprint density at radius 2 is 2.08 bits per heavy atom. The predicted octanol–water partition coefficient (Wildman–Crippen LogP) is 2.86. The van der Waals surface area contributed by atoms with Crippen LogP contribution >= 0.6 is 15.9 Å². The SMILES string of the molecule is Cc1cc(=O)oc2cc(Br)ccc12. The van der Waals surface area contributed by atoms with Crippen LogP contribution in [-0.2, 0) is 0 Å². The molecule has 0 aliphatic carbocycles. The molecule has 13 heavy (non-hydrogen) atoms. The fourth-order valence-electron chi connectivity index (χ4n) is 1.30. The molecule has 0 radical (unpaired) electrons. The number of benzene rings is 1. The van der Waals surface area contributed by atoms with Crippen molar-refractivity contribution in [2.24, 2.45) is 0 Å². The van der Waals surface area contributed by atoms with E-state index >= 15 is 0 Å². The molecule has 1 aromatic carbocycles. The minimum Gasteiger partial charge on any atom is -0.423 e. The second-order valence-electron chi connectivity index (χ2n) is 2.89. The second-order valence-corrected chi connectivity index (χ2v) is 3.80. The number of halogens is 1. The average Bonchev–Trinajstić information content (AvgIpc) is 2.02. The Bertz CT molecular complexity index is 514. The van der Waals surface area contributed by atoms with Crippen molar-refractivity contribution in [1.82, 2.24) is 0 Å². The smallest absolute Gasteiger partial charge is 0.336 e. The van der Waals surface area contributed by atoms with Gasteiger partial charge in [0.05, 0.1) is 0 Å². The summed E-state index contributed by atoms with van der Waals surface area (Å²) in [4.78, 5) is 11.0. The Labute approximate surface area is 83.3 Å². The fourth-order valence-corrected chi connectivity index (χ4v) is 1.64. The number of rotatable bonds is 0. The van der Waals surface area contributed by atoms with Crippen LogP contribution in [0.5, 0.6) is 0 Å². The van der Waals surface area contributed by atoms with Crippen LogP contribution in [0.1, 0.15) is 5.56 Å². The lowest BCUT2D eigenvalue weighted by Gasteiger charge is -1.99. The summed E-state index contributed by atoms with van der Waals surface area (Å²) in [5.74, 6) is 0. The number of hydrogen-bond acceptors (Lipinski definition) is 2. The third-order valence-electron chi connectivity index (χ3n) is 1.91. The molecule has 66 valence electrons. The summed E-state index contributed by atoms with van der Waals surface area (Å²) in [7, 11) is 0. The van der Waals surface area contributed by atoms with Crippen molar-refractivity contribution in [1.29, 1.82) is 0 Å². The first-order chi connectivity index (χ1) is 6.16. The molecule has 3 heteroatoms. The van der Waals surface area contributed by atoms with Gasteiger partial charge < -0.3 is 4.42 Å². The highest BCUT2D eigenvalue weighted by Gasteiger charge is 2.01. The van der Waals surface area contributed by atoms with Crippen LogP contribution in [0, 0.1) is 6.92 Å². The summed E-state index contributed by atoms with van der Waals surface area (Å²) in [5, 5.41) is 0.975. The Morgan fingerprint density at radius 1 is 1.31 bits per heavy atom. The molecule has 0 atom stereocenters. The first-order valence-electron chi connectivity index (χ1n) is 3.87. The van der Waals surface area contributed by atoms with Crippen LogP contribution in [0.3, 0.4) is 0 Å². The van der Waals surface area contributed by atoms with Gasteiger partial charge in [-0.15, -0.1) is 0 Å². The molecule has 0 saturated heterocycles. The fraction of sp³-hybridized carbons (Fsp3) is 0.100. The molecule has 0 spiro atoms. The molecule has 0 saturated carbocycles. The van der Waals surface area contributed by atoms with Gasteiger partial charge in [0, 0.05) is 15.9 Å². The van der Waals surface area contributed by atoms with Crippen LogP contribution in [0.15, 0.2) is 37.9 Å². The highest BCUT2D eigenvalue weighted by Crippen LogP contribution is 2.20. The molecular formula is C10H7BrO2. The molecule has 2 aromatic rings. The van der Waals surface area contributed by atoms with E-state index in [9.17, 15) is 4.79 Å². The zero-order chi connectivity index (χ0) is 9.42. The second kappa shape index (κ2) is 3.00.